The SMILES string of the molecule is CC(C)(CC(=O)N1CCC(O)(c2ccccc2)CC1)C(N)=O. The van der Waals surface area contributed by atoms with Crippen molar-refractivity contribution in [2.45, 2.75) is 38.7 Å². The number of nitrogens with two attached hydrogens (primary N) is 1. The lowest BCUT2D eigenvalue weighted by atomic mass is 9.83. The van der Waals surface area contributed by atoms with E-state index in [2.05, 4.69) is 0 Å². The van der Waals surface area contributed by atoms with Crippen LogP contribution >= 0.6 is 0 Å². The molecule has 0 aromatic heterocycles. The van der Waals surface area contributed by atoms with E-state index in [1.54, 1.807) is 18.7 Å². The number of nitrogens with zero attached hydrogens (tertiary/aromatic N) is 1. The predicted octanol–water partition coefficient (Wildman–Crippen LogP) is 1.40. The highest BCUT2D eigenvalue weighted by Crippen LogP contribution is 2.33. The molecule has 2 amide bonds. The zero-order valence-electron chi connectivity index (χ0n) is 13.2. The van der Waals surface area contributed by atoms with Crippen molar-refractivity contribution in [1.29, 1.82) is 0 Å². The molecular weight excluding hydrogens is 280 g/mol. The number of aliphatic hydroxyl groups is 1. The lowest BCUT2D eigenvalue weighted by Gasteiger charge is -2.39. The molecule has 22 heavy (non-hydrogen) atoms. The fraction of sp³-hybridized carbons (Fsp3) is 0.529. The van der Waals surface area contributed by atoms with Crippen LogP contribution in [-0.2, 0) is 15.2 Å². The van der Waals surface area contributed by atoms with Crippen molar-refractivity contribution in [2.24, 2.45) is 11.1 Å². The second-order valence-corrected chi connectivity index (χ2v) is 6.70. The summed E-state index contributed by atoms with van der Waals surface area (Å²) in [6, 6.07) is 9.54. The second-order valence-electron chi connectivity index (χ2n) is 6.70. The highest BCUT2D eigenvalue weighted by molar-refractivity contribution is 5.87. The van der Waals surface area contributed by atoms with Crippen LogP contribution < -0.4 is 5.73 Å². The molecule has 1 aliphatic heterocycles. The molecule has 0 aliphatic carbocycles. The van der Waals surface area contributed by atoms with Crippen molar-refractivity contribution in [3.63, 3.8) is 0 Å². The molecular formula is C17H24N2O3. The molecule has 0 saturated carbocycles. The quantitative estimate of drug-likeness (QED) is 0.882. The average Bonchev–Trinajstić information content (AvgIpc) is 2.48. The number of piperidine rings is 1. The maximum absolute atomic E-state index is 12.3. The summed E-state index contributed by atoms with van der Waals surface area (Å²) in [5.74, 6) is -0.558. The summed E-state index contributed by atoms with van der Waals surface area (Å²) in [4.78, 5) is 25.4. The van der Waals surface area contributed by atoms with Crippen LogP contribution in [0.2, 0.25) is 0 Å². The standard InChI is InChI=1S/C17H24N2O3/c1-16(2,15(18)21)12-14(20)19-10-8-17(22,9-11-19)13-6-4-3-5-7-13/h3-7,22H,8-12H2,1-2H3,(H2,18,21). The Morgan fingerprint density at radius 2 is 1.77 bits per heavy atom. The lowest BCUT2D eigenvalue weighted by Crippen LogP contribution is -2.47. The fourth-order valence-electron chi connectivity index (χ4n) is 2.74. The summed E-state index contributed by atoms with van der Waals surface area (Å²) in [6.45, 7) is 4.33. The summed E-state index contributed by atoms with van der Waals surface area (Å²) in [7, 11) is 0. The van der Waals surface area contributed by atoms with E-state index in [9.17, 15) is 14.7 Å². The van der Waals surface area contributed by atoms with E-state index >= 15 is 0 Å². The Morgan fingerprint density at radius 3 is 2.27 bits per heavy atom. The minimum Gasteiger partial charge on any atom is -0.385 e. The zero-order chi connectivity index (χ0) is 16.4. The third-order valence-electron chi connectivity index (χ3n) is 4.51. The van der Waals surface area contributed by atoms with Gasteiger partial charge in [-0.1, -0.05) is 44.2 Å². The normalized spacial score (nSPS) is 18.0. The van der Waals surface area contributed by atoms with Gasteiger partial charge in [0.15, 0.2) is 0 Å². The number of amides is 2. The molecule has 1 heterocycles. The number of likely N-dealkylation sites (tertiary alicyclic amines) is 1. The van der Waals surface area contributed by atoms with Gasteiger partial charge in [-0.2, -0.15) is 0 Å². The smallest absolute Gasteiger partial charge is 0.223 e. The van der Waals surface area contributed by atoms with Crippen molar-refractivity contribution < 1.29 is 14.7 Å². The Balaban J connectivity index is 1.98. The van der Waals surface area contributed by atoms with Crippen molar-refractivity contribution in [1.82, 2.24) is 4.90 Å². The molecule has 0 atom stereocenters. The van der Waals surface area contributed by atoms with Gasteiger partial charge in [0.2, 0.25) is 11.8 Å². The summed E-state index contributed by atoms with van der Waals surface area (Å²) in [6.07, 6.45) is 1.10. The molecule has 1 fully saturated rings. The van der Waals surface area contributed by atoms with Crippen molar-refractivity contribution in [3.8, 4) is 0 Å². The maximum atomic E-state index is 12.3. The van der Waals surface area contributed by atoms with Crippen LogP contribution in [-0.4, -0.2) is 34.9 Å². The van der Waals surface area contributed by atoms with E-state index in [0.29, 0.717) is 25.9 Å². The van der Waals surface area contributed by atoms with Gasteiger partial charge in [0, 0.05) is 19.5 Å². The van der Waals surface area contributed by atoms with E-state index in [4.69, 9.17) is 5.73 Å². The monoisotopic (exact) mass is 304 g/mol. The molecule has 0 spiro atoms. The third-order valence-corrected chi connectivity index (χ3v) is 4.51. The molecule has 1 saturated heterocycles. The molecule has 0 bridgehead atoms. The minimum atomic E-state index is -0.878. The summed E-state index contributed by atoms with van der Waals surface area (Å²) in [5.41, 5.74) is 4.49. The third kappa shape index (κ3) is 3.47. The summed E-state index contributed by atoms with van der Waals surface area (Å²) < 4.78 is 0. The molecule has 1 aromatic rings. The summed E-state index contributed by atoms with van der Waals surface area (Å²) in [5, 5.41) is 10.8. The molecule has 2 rings (SSSR count). The highest BCUT2D eigenvalue weighted by atomic mass is 16.3. The lowest BCUT2D eigenvalue weighted by molar-refractivity contribution is -0.141. The van der Waals surface area contributed by atoms with Gasteiger partial charge in [-0.3, -0.25) is 9.59 Å². The van der Waals surface area contributed by atoms with Gasteiger partial charge in [-0.15, -0.1) is 0 Å². The first-order valence-electron chi connectivity index (χ1n) is 7.60. The molecule has 5 heteroatoms. The Labute approximate surface area is 131 Å². The van der Waals surface area contributed by atoms with Gasteiger partial charge in [-0.25, -0.2) is 0 Å². The van der Waals surface area contributed by atoms with Gasteiger partial charge in [0.25, 0.3) is 0 Å². The van der Waals surface area contributed by atoms with Crippen LogP contribution in [0.3, 0.4) is 0 Å². The molecule has 3 N–H and O–H groups in total. The maximum Gasteiger partial charge on any atom is 0.223 e. The number of carbonyl (C=O) groups is 2. The molecule has 1 aromatic carbocycles. The number of hydrogen-bond acceptors (Lipinski definition) is 3. The number of hydrogen-bond donors (Lipinski definition) is 2. The van der Waals surface area contributed by atoms with Crippen molar-refractivity contribution in [2.75, 3.05) is 13.1 Å². The van der Waals surface area contributed by atoms with Crippen LogP contribution in [0.1, 0.15) is 38.7 Å². The van der Waals surface area contributed by atoms with E-state index in [-0.39, 0.29) is 12.3 Å². The van der Waals surface area contributed by atoms with Gasteiger partial charge >= 0.3 is 0 Å². The Morgan fingerprint density at radius 1 is 1.23 bits per heavy atom. The molecule has 0 unspecified atom stereocenters. The van der Waals surface area contributed by atoms with Crippen LogP contribution in [0.5, 0.6) is 0 Å². The number of carbonyl (C=O) groups excluding carboxylic acids is 2. The molecule has 0 radical (unpaired) electrons. The van der Waals surface area contributed by atoms with Crippen molar-refractivity contribution >= 4 is 11.8 Å². The predicted molar refractivity (Wildman–Crippen MR) is 83.7 cm³/mol. The first-order chi connectivity index (χ1) is 10.2. The largest absolute Gasteiger partial charge is 0.385 e. The van der Waals surface area contributed by atoms with Gasteiger partial charge in [0.1, 0.15) is 0 Å². The van der Waals surface area contributed by atoms with E-state index < -0.39 is 16.9 Å². The topological polar surface area (TPSA) is 83.6 Å². The van der Waals surface area contributed by atoms with E-state index in [1.165, 1.54) is 0 Å². The van der Waals surface area contributed by atoms with Gasteiger partial charge in [-0.05, 0) is 18.4 Å². The van der Waals surface area contributed by atoms with Crippen molar-refractivity contribution in [3.05, 3.63) is 35.9 Å². The Hall–Kier alpha value is -1.88. The van der Waals surface area contributed by atoms with Gasteiger partial charge < -0.3 is 15.7 Å². The number of benzene rings is 1. The zero-order valence-corrected chi connectivity index (χ0v) is 13.2. The average molecular weight is 304 g/mol. The van der Waals surface area contributed by atoms with E-state index in [1.807, 2.05) is 30.3 Å². The van der Waals surface area contributed by atoms with Crippen LogP contribution in [0.4, 0.5) is 0 Å². The number of rotatable bonds is 4. The molecule has 5 nitrogen and oxygen atoms in total. The minimum absolute atomic E-state index is 0.0843. The summed E-state index contributed by atoms with van der Waals surface area (Å²) >= 11 is 0. The van der Waals surface area contributed by atoms with Crippen LogP contribution in [0.15, 0.2) is 30.3 Å². The Bertz CT molecular complexity index is 546. The number of primary amides is 1. The first-order valence-corrected chi connectivity index (χ1v) is 7.60. The van der Waals surface area contributed by atoms with Gasteiger partial charge in [0.05, 0.1) is 11.0 Å². The van der Waals surface area contributed by atoms with Crippen LogP contribution in [0, 0.1) is 5.41 Å². The van der Waals surface area contributed by atoms with Crippen LogP contribution in [0.25, 0.3) is 0 Å². The highest BCUT2D eigenvalue weighted by Gasteiger charge is 2.37. The first kappa shape index (κ1) is 16.5. The second kappa shape index (κ2) is 6.08. The van der Waals surface area contributed by atoms with E-state index in [0.717, 1.165) is 5.56 Å². The molecule has 120 valence electrons. The molecule has 1 aliphatic rings. The fourth-order valence-corrected chi connectivity index (χ4v) is 2.74. The Kier molecular flexibility index (Phi) is 4.56.